The first kappa shape index (κ1) is 30.7. The first-order chi connectivity index (χ1) is 24.7. The number of hydrogen-bond donors (Lipinski definition) is 0. The van der Waals surface area contributed by atoms with Crippen molar-refractivity contribution in [1.82, 2.24) is 9.66 Å². The Labute approximate surface area is 292 Å². The van der Waals surface area contributed by atoms with Crippen molar-refractivity contribution in [2.45, 2.75) is 6.92 Å². The van der Waals surface area contributed by atoms with E-state index in [-0.39, 0.29) is 0 Å². The summed E-state index contributed by atoms with van der Waals surface area (Å²) in [5, 5.41) is 7.56. The molecule has 238 valence electrons. The summed E-state index contributed by atoms with van der Waals surface area (Å²) in [5.41, 5.74) is 12.8. The van der Waals surface area contributed by atoms with Crippen LogP contribution in [0.15, 0.2) is 193 Å². The summed E-state index contributed by atoms with van der Waals surface area (Å²) in [6.07, 6.45) is 8.21. The molecule has 0 saturated carbocycles. The number of nitrogens with zero attached hydrogens (tertiary/aromatic N) is 3. The molecule has 0 aliphatic carbocycles. The molecule has 0 spiro atoms. The van der Waals surface area contributed by atoms with Gasteiger partial charge in [-0.05, 0) is 71.1 Å². The van der Waals surface area contributed by atoms with E-state index in [1.165, 1.54) is 22.3 Å². The van der Waals surface area contributed by atoms with Crippen LogP contribution >= 0.6 is 0 Å². The lowest BCUT2D eigenvalue weighted by Crippen LogP contribution is -1.96. The van der Waals surface area contributed by atoms with Gasteiger partial charge in [-0.2, -0.15) is 5.10 Å². The zero-order valence-corrected chi connectivity index (χ0v) is 27.8. The topological polar surface area (TPSA) is 30.2 Å². The average Bonchev–Trinajstić information content (AvgIpc) is 3.51. The molecule has 3 heteroatoms. The van der Waals surface area contributed by atoms with Gasteiger partial charge in [0.1, 0.15) is 0 Å². The quantitative estimate of drug-likeness (QED) is 0.120. The number of pyridine rings is 1. The molecule has 0 amide bonds. The van der Waals surface area contributed by atoms with Crippen LogP contribution in [0.1, 0.15) is 12.5 Å². The zero-order valence-electron chi connectivity index (χ0n) is 27.8. The summed E-state index contributed by atoms with van der Waals surface area (Å²) in [6, 6.07) is 59.5. The van der Waals surface area contributed by atoms with Crippen molar-refractivity contribution in [3.63, 3.8) is 0 Å². The van der Waals surface area contributed by atoms with Gasteiger partial charge in [0.05, 0.1) is 28.6 Å². The summed E-state index contributed by atoms with van der Waals surface area (Å²) < 4.78 is 2.08. The van der Waals surface area contributed by atoms with E-state index in [4.69, 9.17) is 10.1 Å². The third-order valence-electron chi connectivity index (χ3n) is 9.03. The van der Waals surface area contributed by atoms with Crippen molar-refractivity contribution in [2.24, 2.45) is 5.10 Å². The fourth-order valence-electron chi connectivity index (χ4n) is 6.49. The smallest absolute Gasteiger partial charge is 0.0732 e. The second kappa shape index (κ2) is 13.9. The lowest BCUT2D eigenvalue weighted by molar-refractivity contribution is 0.977. The van der Waals surface area contributed by atoms with Gasteiger partial charge in [-0.1, -0.05) is 152 Å². The van der Waals surface area contributed by atoms with Crippen molar-refractivity contribution in [3.05, 3.63) is 194 Å². The summed E-state index contributed by atoms with van der Waals surface area (Å²) in [6.45, 7) is 2.03. The molecule has 50 heavy (non-hydrogen) atoms. The largest absolute Gasteiger partial charge is 0.248 e. The number of allylic oxidation sites excluding steroid dienone is 4. The Kier molecular flexibility index (Phi) is 8.53. The Morgan fingerprint density at radius 2 is 0.940 bits per heavy atom. The van der Waals surface area contributed by atoms with Gasteiger partial charge in [-0.15, -0.1) is 0 Å². The van der Waals surface area contributed by atoms with Crippen molar-refractivity contribution in [3.8, 4) is 44.8 Å². The molecule has 0 N–H and O–H groups in total. The SMILES string of the molecule is C\C=C/C=C(\C=N\n1c2ccc(-c3ccccc3)cc2c2cc(-c3ccccc3)ccc21)c1cc(-c2ccccc2)nc(-c2ccccc2)c1. The summed E-state index contributed by atoms with van der Waals surface area (Å²) in [7, 11) is 0. The molecule has 0 aliphatic heterocycles. The fourth-order valence-corrected chi connectivity index (χ4v) is 6.49. The molecule has 3 nitrogen and oxygen atoms in total. The Balaban J connectivity index is 1.30. The maximum Gasteiger partial charge on any atom is 0.0732 e. The van der Waals surface area contributed by atoms with E-state index in [1.807, 2.05) is 31.3 Å². The third-order valence-corrected chi connectivity index (χ3v) is 9.03. The molecule has 0 aliphatic rings. The highest BCUT2D eigenvalue weighted by molar-refractivity contribution is 6.13. The van der Waals surface area contributed by atoms with Gasteiger partial charge in [0.15, 0.2) is 0 Å². The molecule has 2 aromatic heterocycles. The molecule has 6 aromatic carbocycles. The molecule has 0 unspecified atom stereocenters. The third kappa shape index (κ3) is 6.21. The van der Waals surface area contributed by atoms with Crippen molar-refractivity contribution >= 4 is 33.6 Å². The highest BCUT2D eigenvalue weighted by Gasteiger charge is 2.14. The number of aromatic nitrogens is 2. The lowest BCUT2D eigenvalue weighted by Gasteiger charge is -2.11. The summed E-state index contributed by atoms with van der Waals surface area (Å²) in [5.74, 6) is 0. The minimum atomic E-state index is 0.917. The average molecular weight is 642 g/mol. The predicted molar refractivity (Wildman–Crippen MR) is 212 cm³/mol. The van der Waals surface area contributed by atoms with Gasteiger partial charge < -0.3 is 0 Å². The molecular formula is C47H35N3. The number of hydrogen-bond acceptors (Lipinski definition) is 2. The molecule has 0 radical (unpaired) electrons. The number of rotatable bonds is 8. The minimum absolute atomic E-state index is 0.917. The van der Waals surface area contributed by atoms with Crippen LogP contribution < -0.4 is 0 Å². The minimum Gasteiger partial charge on any atom is -0.248 e. The molecule has 0 fully saturated rings. The first-order valence-corrected chi connectivity index (χ1v) is 16.9. The second-order valence-electron chi connectivity index (χ2n) is 12.3. The molecule has 0 atom stereocenters. The first-order valence-electron chi connectivity index (χ1n) is 16.9. The van der Waals surface area contributed by atoms with E-state index >= 15 is 0 Å². The van der Waals surface area contributed by atoms with Gasteiger partial charge in [-0.3, -0.25) is 0 Å². The maximum absolute atomic E-state index is 5.23. The number of benzene rings is 6. The van der Waals surface area contributed by atoms with Gasteiger partial charge in [0.2, 0.25) is 0 Å². The molecule has 8 aromatic rings. The zero-order chi connectivity index (χ0) is 33.7. The van der Waals surface area contributed by atoms with Crippen LogP contribution in [0, 0.1) is 0 Å². The molecule has 0 bridgehead atoms. The second-order valence-corrected chi connectivity index (χ2v) is 12.3. The van der Waals surface area contributed by atoms with E-state index in [0.29, 0.717) is 0 Å². The summed E-state index contributed by atoms with van der Waals surface area (Å²) >= 11 is 0. The fraction of sp³-hybridized carbons (Fsp3) is 0.0213. The predicted octanol–water partition coefficient (Wildman–Crippen LogP) is 12.4. The monoisotopic (exact) mass is 641 g/mol. The highest BCUT2D eigenvalue weighted by atomic mass is 15.3. The Morgan fingerprint density at radius 1 is 0.500 bits per heavy atom. The van der Waals surface area contributed by atoms with Crippen LogP contribution in [0.2, 0.25) is 0 Å². The maximum atomic E-state index is 5.23. The van der Waals surface area contributed by atoms with Crippen LogP contribution in [0.4, 0.5) is 0 Å². The van der Waals surface area contributed by atoms with Gasteiger partial charge in [0.25, 0.3) is 0 Å². The Hall–Kier alpha value is -6.58. The molecular weight excluding hydrogens is 607 g/mol. The lowest BCUT2D eigenvalue weighted by atomic mass is 10.00. The van der Waals surface area contributed by atoms with Crippen molar-refractivity contribution in [2.75, 3.05) is 0 Å². The van der Waals surface area contributed by atoms with Gasteiger partial charge >= 0.3 is 0 Å². The standard InChI is InChI=1S/C47H35N3/c1-2-3-16-40(41-31-44(36-21-12-6-13-22-36)49-45(32-41)37-23-14-7-15-24-37)33-48-50-46-27-25-38(34-17-8-4-9-18-34)29-42(46)43-30-39(26-28-47(43)50)35-19-10-5-11-20-35/h2-33H,1H3/b3-2-,40-16+,48-33+. The normalized spacial score (nSPS) is 12.1. The van der Waals surface area contributed by atoms with Crippen LogP contribution in [0.5, 0.6) is 0 Å². The highest BCUT2D eigenvalue weighted by Crippen LogP contribution is 2.36. The van der Waals surface area contributed by atoms with E-state index in [0.717, 1.165) is 55.5 Å². The van der Waals surface area contributed by atoms with Crippen LogP contribution in [-0.2, 0) is 0 Å². The van der Waals surface area contributed by atoms with E-state index in [1.54, 1.807) is 0 Å². The van der Waals surface area contributed by atoms with Crippen LogP contribution in [0.3, 0.4) is 0 Å². The Morgan fingerprint density at radius 3 is 1.38 bits per heavy atom. The molecule has 2 heterocycles. The van der Waals surface area contributed by atoms with E-state index < -0.39 is 0 Å². The van der Waals surface area contributed by atoms with Crippen molar-refractivity contribution in [1.29, 1.82) is 0 Å². The van der Waals surface area contributed by atoms with E-state index in [9.17, 15) is 0 Å². The van der Waals surface area contributed by atoms with Gasteiger partial charge in [0, 0.05) is 27.5 Å². The van der Waals surface area contributed by atoms with Crippen molar-refractivity contribution < 1.29 is 0 Å². The molecule has 0 saturated heterocycles. The van der Waals surface area contributed by atoms with Crippen LogP contribution in [-0.4, -0.2) is 15.9 Å². The number of fused-ring (bicyclic) bond motifs is 3. The van der Waals surface area contributed by atoms with Crippen LogP contribution in [0.25, 0.3) is 72.1 Å². The molecule has 8 rings (SSSR count). The van der Waals surface area contributed by atoms with E-state index in [2.05, 4.69) is 175 Å². The van der Waals surface area contributed by atoms with Gasteiger partial charge in [-0.25, -0.2) is 9.66 Å². The Bertz CT molecular complexity index is 2350. The summed E-state index contributed by atoms with van der Waals surface area (Å²) in [4.78, 5) is 5.10.